The topological polar surface area (TPSA) is 306 Å². The van der Waals surface area contributed by atoms with Gasteiger partial charge in [0.05, 0.1) is 52.1 Å². The summed E-state index contributed by atoms with van der Waals surface area (Å²) in [5.74, 6) is 3.71. The Morgan fingerprint density at radius 2 is 0.754 bits per heavy atom. The fourth-order valence-corrected chi connectivity index (χ4v) is 20.0. The van der Waals surface area contributed by atoms with Crippen molar-refractivity contribution >= 4 is 69.1 Å². The van der Waals surface area contributed by atoms with E-state index in [1.807, 2.05) is 206 Å². The lowest BCUT2D eigenvalue weighted by Gasteiger charge is -2.29. The van der Waals surface area contributed by atoms with Crippen molar-refractivity contribution in [2.75, 3.05) is 6.61 Å². The standard InChI is InChI=1S/C21H31N3O2.C20H23N3O2.C20H23N3OS.2C19H22N4O2/c1-4-5-6-13-26-18-9-7-17(8-10-18)23-21(25)19-11-12-24-16(3)14-15(2)22-20(19)24;2*1-13-12-14(2)23-10-9-17(19(23)21-13)20(24)22-16-7-5-15(6-8-16)18-4-3-11-25-18;1-12-11-13(2)23-9-7-16(17(23)21-12)18(24)22-15-5-3-14(4-6-15)19-20-8-10-25-19;1-12-9-13(2)23-8-7-16(18(23)21-12)19(24)22-15-5-3-14(4-6-15)17-10-25-11-20-17/h11-12,14,17-18H,4-10,13H2,1-3H3,(H,23,25);2*3-4,9-12,15-16H,5-8H2,1-2H3,(H,22,24);2*7-11,14-15H,3-6H2,1-2H3,(H,22,24). The predicted molar refractivity (Wildman–Crippen MR) is 488 cm³/mol. The Morgan fingerprint density at radius 1 is 0.397 bits per heavy atom. The van der Waals surface area contributed by atoms with Crippen LogP contribution in [0.5, 0.6) is 0 Å². The number of rotatable bonds is 19. The van der Waals surface area contributed by atoms with Crippen LogP contribution in [0.25, 0.3) is 28.2 Å². The number of carbonyl (C=O) groups excluding carboxylic acids is 5. The molecule has 0 bridgehead atoms. The molecular weight excluding hydrogens is 1600 g/mol. The first kappa shape index (κ1) is 89.0. The largest absolute Gasteiger partial charge is 0.469 e. The molecule has 5 N–H and O–H groups in total. The van der Waals surface area contributed by atoms with Crippen molar-refractivity contribution in [3.63, 3.8) is 0 Å². The second-order valence-corrected chi connectivity index (χ2v) is 36.2. The Morgan fingerprint density at radius 3 is 1.07 bits per heavy atom. The molecule has 5 aliphatic carbocycles. The van der Waals surface area contributed by atoms with E-state index in [1.165, 1.54) is 24.1 Å². The second kappa shape index (κ2) is 41.1. The highest BCUT2D eigenvalue weighted by atomic mass is 32.1. The zero-order valence-electron chi connectivity index (χ0n) is 74.6. The van der Waals surface area contributed by atoms with Gasteiger partial charge in [-0.25, -0.2) is 34.9 Å². The number of carbonyl (C=O) groups is 5. The molecule has 0 unspecified atom stereocenters. The van der Waals surface area contributed by atoms with Gasteiger partial charge in [0, 0.05) is 147 Å². The maximum atomic E-state index is 12.8. The van der Waals surface area contributed by atoms with Crippen LogP contribution in [0.2, 0.25) is 0 Å². The van der Waals surface area contributed by atoms with Gasteiger partial charge in [-0.1, -0.05) is 25.8 Å². The van der Waals surface area contributed by atoms with Crippen LogP contribution in [0.3, 0.4) is 0 Å². The zero-order valence-corrected chi connectivity index (χ0v) is 75.4. The minimum Gasteiger partial charge on any atom is -0.469 e. The Balaban J connectivity index is 0.000000122. The van der Waals surface area contributed by atoms with Crippen molar-refractivity contribution in [1.29, 1.82) is 0 Å². The van der Waals surface area contributed by atoms with Crippen LogP contribution >= 0.6 is 11.3 Å². The van der Waals surface area contributed by atoms with Gasteiger partial charge < -0.3 is 66.6 Å². The number of aryl methyl sites for hydroxylation is 10. The first-order valence-corrected chi connectivity index (χ1v) is 46.2. The molecule has 19 rings (SSSR count). The van der Waals surface area contributed by atoms with Gasteiger partial charge in [0.2, 0.25) is 0 Å². The van der Waals surface area contributed by atoms with E-state index in [1.54, 1.807) is 25.0 Å². The van der Waals surface area contributed by atoms with Crippen LogP contribution in [-0.2, 0) is 4.74 Å². The molecule has 26 nitrogen and oxygen atoms in total. The van der Waals surface area contributed by atoms with E-state index in [9.17, 15) is 24.0 Å². The molecule has 0 atom stereocenters. The van der Waals surface area contributed by atoms with E-state index in [0.717, 1.165) is 244 Å². The minimum atomic E-state index is -0.0421. The van der Waals surface area contributed by atoms with Gasteiger partial charge in [-0.05, 0) is 294 Å². The third-order valence-electron chi connectivity index (χ3n) is 25.8. The molecule has 14 aromatic heterocycles. The van der Waals surface area contributed by atoms with E-state index in [0.29, 0.717) is 57.6 Å². The van der Waals surface area contributed by atoms with Crippen LogP contribution in [0.15, 0.2) is 166 Å². The predicted octanol–water partition coefficient (Wildman–Crippen LogP) is 19.5. The molecule has 5 aliphatic rings. The molecule has 662 valence electrons. The summed E-state index contributed by atoms with van der Waals surface area (Å²) in [7, 11) is 0. The molecule has 5 amide bonds. The highest BCUT2D eigenvalue weighted by Gasteiger charge is 2.33. The average molecular weight is 1730 g/mol. The van der Waals surface area contributed by atoms with E-state index in [-0.39, 0.29) is 59.7 Å². The Kier molecular flexibility index (Phi) is 29.0. The van der Waals surface area contributed by atoms with Crippen LogP contribution in [0, 0.1) is 69.2 Å². The van der Waals surface area contributed by atoms with Crippen molar-refractivity contribution in [2.45, 2.75) is 284 Å². The van der Waals surface area contributed by atoms with E-state index >= 15 is 0 Å². The van der Waals surface area contributed by atoms with Gasteiger partial charge in [0.1, 0.15) is 46.5 Å². The lowest BCUT2D eigenvalue weighted by molar-refractivity contribution is 0.0205. The van der Waals surface area contributed by atoms with E-state index < -0.39 is 0 Å². The Labute approximate surface area is 740 Å². The van der Waals surface area contributed by atoms with Gasteiger partial charge in [-0.2, -0.15) is 0 Å². The summed E-state index contributed by atoms with van der Waals surface area (Å²) in [4.78, 5) is 96.4. The van der Waals surface area contributed by atoms with Gasteiger partial charge >= 0.3 is 0 Å². The van der Waals surface area contributed by atoms with Gasteiger partial charge in [0.25, 0.3) is 29.5 Å². The summed E-state index contributed by atoms with van der Waals surface area (Å²) in [6.07, 6.45) is 42.1. The van der Waals surface area contributed by atoms with Gasteiger partial charge in [0.15, 0.2) is 12.3 Å². The third kappa shape index (κ3) is 21.6. The Hall–Kier alpha value is -11.8. The summed E-state index contributed by atoms with van der Waals surface area (Å²) < 4.78 is 31.8. The molecule has 27 heteroatoms. The number of fused-ring (bicyclic) bond motifs is 5. The van der Waals surface area contributed by atoms with Crippen molar-refractivity contribution in [3.8, 4) is 0 Å². The fourth-order valence-electron chi connectivity index (χ4n) is 19.1. The first-order chi connectivity index (χ1) is 61.0. The number of ether oxygens (including phenoxy) is 1. The van der Waals surface area contributed by atoms with Crippen molar-refractivity contribution in [3.05, 3.63) is 260 Å². The number of thiophene rings is 1. The summed E-state index contributed by atoms with van der Waals surface area (Å²) in [5.41, 5.74) is 18.1. The molecule has 126 heavy (non-hydrogen) atoms. The van der Waals surface area contributed by atoms with Gasteiger partial charge in [-0.15, -0.1) is 11.3 Å². The number of aromatic nitrogens is 12. The normalized spacial score (nSPS) is 20.7. The number of oxazole rings is 2. The third-order valence-corrected chi connectivity index (χ3v) is 26.9. The number of amides is 5. The summed E-state index contributed by atoms with van der Waals surface area (Å²) >= 11 is 1.85. The first-order valence-electron chi connectivity index (χ1n) is 45.3. The number of unbranched alkanes of at least 4 members (excludes halogenated alkanes) is 2. The average Bonchev–Trinajstić information content (AvgIpc) is 1.66. The molecular formula is C99H121N17O9S. The quantitative estimate of drug-likeness (QED) is 0.0470. The minimum absolute atomic E-state index is 0.000395. The van der Waals surface area contributed by atoms with E-state index in [2.05, 4.69) is 85.9 Å². The van der Waals surface area contributed by atoms with Crippen LogP contribution in [0.1, 0.15) is 309 Å². The number of furan rings is 1. The molecule has 5 fully saturated rings. The summed E-state index contributed by atoms with van der Waals surface area (Å²) in [5, 5.41) is 18.1. The molecule has 0 aromatic carbocycles. The molecule has 14 aromatic rings. The monoisotopic (exact) mass is 1720 g/mol. The van der Waals surface area contributed by atoms with Crippen molar-refractivity contribution in [1.82, 2.24) is 83.5 Å². The second-order valence-electron chi connectivity index (χ2n) is 35.2. The van der Waals surface area contributed by atoms with Gasteiger partial charge in [-0.3, -0.25) is 24.0 Å². The number of nitrogens with one attached hydrogen (secondary N) is 5. The lowest BCUT2D eigenvalue weighted by atomic mass is 9.84. The zero-order chi connectivity index (χ0) is 88.1. The smallest absolute Gasteiger partial charge is 0.255 e. The number of hydrogen-bond donors (Lipinski definition) is 5. The lowest BCUT2D eigenvalue weighted by Crippen LogP contribution is -2.39. The highest BCUT2D eigenvalue weighted by Crippen LogP contribution is 2.38. The van der Waals surface area contributed by atoms with E-state index in [4.69, 9.17) is 18.0 Å². The molecule has 0 spiro atoms. The SMILES string of the molecule is CCCCCOC1CCC(NC(=O)c2ccn3c(C)cc(C)nc23)CC1.Cc1cc(C)n2ccc(C(=O)NC3CCC(c4ccco4)CC3)c2n1.Cc1cc(C)n2ccc(C(=O)NC3CCC(c4cccs4)CC3)c2n1.Cc1cc(C)n2ccc(C(=O)NC3CCC(c4cocn4)CC3)c2n1.Cc1cc(C)n2ccc(C(=O)NC3CCC(c4ncco4)CC3)c2n1. The van der Waals surface area contributed by atoms with Crippen molar-refractivity contribution < 1.29 is 42.0 Å². The van der Waals surface area contributed by atoms with Crippen molar-refractivity contribution in [2.24, 2.45) is 0 Å². The fraction of sp³-hybridized carbons (Fsp3) is 0.455. The van der Waals surface area contributed by atoms with Crippen LogP contribution in [0.4, 0.5) is 0 Å². The molecule has 5 saturated carbocycles. The molecule has 0 aliphatic heterocycles. The maximum absolute atomic E-state index is 12.8. The van der Waals surface area contributed by atoms with Crippen LogP contribution < -0.4 is 26.6 Å². The summed E-state index contributed by atoms with van der Waals surface area (Å²) in [6, 6.07) is 28.9. The van der Waals surface area contributed by atoms with Crippen LogP contribution in [-0.4, -0.2) is 129 Å². The molecule has 0 saturated heterocycles. The number of nitrogens with zero attached hydrogens (tertiary/aromatic N) is 12. The molecule has 0 radical (unpaired) electrons. The Bertz CT molecular complexity index is 5390. The number of hydrogen-bond acceptors (Lipinski definition) is 17. The summed E-state index contributed by atoms with van der Waals surface area (Å²) in [6.45, 7) is 23.0. The maximum Gasteiger partial charge on any atom is 0.255 e. The highest BCUT2D eigenvalue weighted by molar-refractivity contribution is 7.10. The molecule has 14 heterocycles.